The summed E-state index contributed by atoms with van der Waals surface area (Å²) >= 11 is 1.91. The van der Waals surface area contributed by atoms with Gasteiger partial charge in [0, 0.05) is 14.8 Å². The molecule has 4 aromatic rings. The average molecular weight is 246 g/mol. The lowest BCUT2D eigenvalue weighted by Crippen LogP contribution is -2.00. The highest BCUT2D eigenvalue weighted by Gasteiger charge is 2.08. The maximum absolute atomic E-state index is 2.27. The lowest BCUT2D eigenvalue weighted by atomic mass is 9.91. The Morgan fingerprint density at radius 3 is 2.61 bits per heavy atom. The van der Waals surface area contributed by atoms with Crippen LogP contribution in [0, 0.1) is 0 Å². The number of fused-ring (bicyclic) bond motifs is 5. The molecule has 1 aromatic heterocycles. The molecule has 0 bridgehead atoms. The number of thiophene rings is 1. The molecule has 0 aliphatic carbocycles. The van der Waals surface area contributed by atoms with Gasteiger partial charge in [-0.3, -0.25) is 0 Å². The van der Waals surface area contributed by atoms with Crippen molar-refractivity contribution in [3.8, 4) is 0 Å². The number of benzene rings is 3. The first kappa shape index (κ1) is 10.2. The third kappa shape index (κ3) is 1.27. The van der Waals surface area contributed by atoms with Crippen LogP contribution >= 0.6 is 11.3 Å². The molecule has 0 nitrogen and oxygen atoms in total. The Hall–Kier alpha value is -1.80. The molecule has 0 aliphatic rings. The SMILES string of the molecule is Bc1cccc2sc3c4ccccc4ccc3c12. The van der Waals surface area contributed by atoms with Crippen LogP contribution in [0.4, 0.5) is 0 Å². The highest BCUT2D eigenvalue weighted by atomic mass is 32.1. The van der Waals surface area contributed by atoms with E-state index in [1.54, 1.807) is 0 Å². The second-order valence-corrected chi connectivity index (χ2v) is 5.77. The van der Waals surface area contributed by atoms with E-state index in [0.717, 1.165) is 0 Å². The predicted molar refractivity (Wildman–Crippen MR) is 85.0 cm³/mol. The predicted octanol–water partition coefficient (Wildman–Crippen LogP) is 3.47. The summed E-state index contributed by atoms with van der Waals surface area (Å²) in [5, 5.41) is 5.51. The van der Waals surface area contributed by atoms with Crippen molar-refractivity contribution in [1.82, 2.24) is 0 Å². The van der Waals surface area contributed by atoms with Gasteiger partial charge in [0.25, 0.3) is 0 Å². The van der Waals surface area contributed by atoms with Gasteiger partial charge in [-0.1, -0.05) is 54.0 Å². The third-order valence-electron chi connectivity index (χ3n) is 3.60. The van der Waals surface area contributed by atoms with Crippen molar-refractivity contribution in [2.24, 2.45) is 0 Å². The summed E-state index contributed by atoms with van der Waals surface area (Å²) in [5.41, 5.74) is 1.37. The molecule has 4 rings (SSSR count). The van der Waals surface area contributed by atoms with Gasteiger partial charge in [-0.25, -0.2) is 0 Å². The molecule has 2 heteroatoms. The van der Waals surface area contributed by atoms with Crippen LogP contribution in [-0.2, 0) is 0 Å². The Bertz CT molecular complexity index is 889. The van der Waals surface area contributed by atoms with Crippen molar-refractivity contribution in [3.05, 3.63) is 54.6 Å². The summed E-state index contributed by atoms with van der Waals surface area (Å²) in [6.07, 6.45) is 0. The Labute approximate surface area is 110 Å². The van der Waals surface area contributed by atoms with Gasteiger partial charge in [-0.2, -0.15) is 0 Å². The van der Waals surface area contributed by atoms with Crippen LogP contribution in [0.3, 0.4) is 0 Å². The third-order valence-corrected chi connectivity index (χ3v) is 4.80. The minimum atomic E-state index is 1.33. The van der Waals surface area contributed by atoms with E-state index in [2.05, 4.69) is 62.4 Å². The molecule has 0 amide bonds. The number of hydrogen-bond donors (Lipinski definition) is 0. The minimum Gasteiger partial charge on any atom is -0.135 e. The monoisotopic (exact) mass is 246 g/mol. The molecular weight excluding hydrogens is 235 g/mol. The zero-order valence-electron chi connectivity index (χ0n) is 10.1. The van der Waals surface area contributed by atoms with Crippen LogP contribution < -0.4 is 5.46 Å². The van der Waals surface area contributed by atoms with Gasteiger partial charge in [0.15, 0.2) is 0 Å². The van der Waals surface area contributed by atoms with Gasteiger partial charge >= 0.3 is 0 Å². The molecule has 1 heterocycles. The van der Waals surface area contributed by atoms with Crippen molar-refractivity contribution in [2.45, 2.75) is 0 Å². The maximum atomic E-state index is 2.27. The van der Waals surface area contributed by atoms with E-state index < -0.39 is 0 Å². The fraction of sp³-hybridized carbons (Fsp3) is 0. The van der Waals surface area contributed by atoms with Gasteiger partial charge in [-0.15, -0.1) is 11.3 Å². The van der Waals surface area contributed by atoms with Crippen LogP contribution in [0.15, 0.2) is 54.6 Å². The standard InChI is InChI=1S/C16H11BS/c17-13-6-3-7-14-15(13)12-9-8-10-4-1-2-5-11(10)16(12)18-14/h1-9H,17H2. The molecule has 0 saturated carbocycles. The van der Waals surface area contributed by atoms with Crippen LogP contribution in [-0.4, -0.2) is 7.85 Å². The van der Waals surface area contributed by atoms with Gasteiger partial charge < -0.3 is 0 Å². The van der Waals surface area contributed by atoms with Gasteiger partial charge in [-0.05, 0) is 22.2 Å². The first-order valence-electron chi connectivity index (χ1n) is 6.14. The summed E-state index contributed by atoms with van der Waals surface area (Å²) in [6.45, 7) is 0. The molecule has 0 saturated heterocycles. The molecule has 18 heavy (non-hydrogen) atoms. The minimum absolute atomic E-state index is 1.33. The molecule has 84 valence electrons. The van der Waals surface area contributed by atoms with E-state index in [1.807, 2.05) is 11.3 Å². The Kier molecular flexibility index (Phi) is 2.03. The molecule has 3 aromatic carbocycles. The fourth-order valence-corrected chi connectivity index (χ4v) is 4.05. The lowest BCUT2D eigenvalue weighted by molar-refractivity contribution is 1.82. The Morgan fingerprint density at radius 1 is 0.778 bits per heavy atom. The van der Waals surface area contributed by atoms with Crippen LogP contribution in [0.2, 0.25) is 0 Å². The second kappa shape index (κ2) is 3.60. The maximum Gasteiger partial charge on any atom is 0.140 e. The van der Waals surface area contributed by atoms with E-state index >= 15 is 0 Å². The van der Waals surface area contributed by atoms with E-state index in [9.17, 15) is 0 Å². The van der Waals surface area contributed by atoms with Crippen LogP contribution in [0.1, 0.15) is 0 Å². The molecule has 0 atom stereocenters. The zero-order chi connectivity index (χ0) is 12.1. The van der Waals surface area contributed by atoms with Crippen molar-refractivity contribution in [1.29, 1.82) is 0 Å². The molecule has 0 radical (unpaired) electrons. The summed E-state index contributed by atoms with van der Waals surface area (Å²) in [4.78, 5) is 0. The topological polar surface area (TPSA) is 0 Å². The van der Waals surface area contributed by atoms with E-state index in [4.69, 9.17) is 0 Å². The molecule has 0 N–H and O–H groups in total. The number of rotatable bonds is 0. The Morgan fingerprint density at radius 2 is 1.67 bits per heavy atom. The van der Waals surface area contributed by atoms with Gasteiger partial charge in [0.1, 0.15) is 7.85 Å². The zero-order valence-corrected chi connectivity index (χ0v) is 10.9. The average Bonchev–Trinajstić information content (AvgIpc) is 2.79. The normalized spacial score (nSPS) is 11.6. The smallest absolute Gasteiger partial charge is 0.135 e. The van der Waals surface area contributed by atoms with Crippen LogP contribution in [0.5, 0.6) is 0 Å². The van der Waals surface area contributed by atoms with E-state index in [0.29, 0.717) is 0 Å². The molecule has 0 spiro atoms. The largest absolute Gasteiger partial charge is 0.140 e. The van der Waals surface area contributed by atoms with Crippen molar-refractivity contribution >= 4 is 55.6 Å². The fourth-order valence-electron chi connectivity index (χ4n) is 2.73. The quantitative estimate of drug-likeness (QED) is 0.417. The summed E-state index contributed by atoms with van der Waals surface area (Å²) < 4.78 is 2.80. The molecule has 0 aliphatic heterocycles. The van der Waals surface area contributed by atoms with Crippen molar-refractivity contribution in [2.75, 3.05) is 0 Å². The molecule has 0 fully saturated rings. The molecular formula is C16H11BS. The molecule has 0 unspecified atom stereocenters. The van der Waals surface area contributed by atoms with Crippen molar-refractivity contribution < 1.29 is 0 Å². The summed E-state index contributed by atoms with van der Waals surface area (Å²) in [6, 6.07) is 19.7. The highest BCUT2D eigenvalue weighted by Crippen LogP contribution is 2.37. The Balaban J connectivity index is 2.34. The van der Waals surface area contributed by atoms with Gasteiger partial charge in [0.05, 0.1) is 0 Å². The lowest BCUT2D eigenvalue weighted by Gasteiger charge is -2.00. The van der Waals surface area contributed by atoms with Crippen molar-refractivity contribution in [3.63, 3.8) is 0 Å². The highest BCUT2D eigenvalue weighted by molar-refractivity contribution is 7.26. The van der Waals surface area contributed by atoms with E-state index in [-0.39, 0.29) is 0 Å². The van der Waals surface area contributed by atoms with Gasteiger partial charge in [0.2, 0.25) is 0 Å². The van der Waals surface area contributed by atoms with E-state index in [1.165, 1.54) is 36.4 Å². The first-order chi connectivity index (χ1) is 8.84. The van der Waals surface area contributed by atoms with Crippen LogP contribution in [0.25, 0.3) is 30.9 Å². The second-order valence-electron chi connectivity index (χ2n) is 4.71. The first-order valence-corrected chi connectivity index (χ1v) is 6.96. The number of hydrogen-bond acceptors (Lipinski definition) is 1. The summed E-state index contributed by atoms with van der Waals surface area (Å²) in [7, 11) is 2.20. The summed E-state index contributed by atoms with van der Waals surface area (Å²) in [5.74, 6) is 0.